The number of carbonyl (C=O) groups is 1. The molecule has 0 spiro atoms. The van der Waals surface area contributed by atoms with E-state index in [1.54, 1.807) is 0 Å². The van der Waals surface area contributed by atoms with Crippen molar-refractivity contribution in [2.24, 2.45) is 0 Å². The Kier molecular flexibility index (Phi) is 3.09. The van der Waals surface area contributed by atoms with Gasteiger partial charge in [0.05, 0.1) is 6.54 Å². The first-order valence-corrected chi connectivity index (χ1v) is 4.78. The van der Waals surface area contributed by atoms with Crippen LogP contribution in [0.25, 0.3) is 0 Å². The third kappa shape index (κ3) is 2.64. The Bertz CT molecular complexity index is 227. The smallest absolute Gasteiger partial charge is 0.375 e. The summed E-state index contributed by atoms with van der Waals surface area (Å²) in [5.74, 6) is -5.71. The van der Waals surface area contributed by atoms with Gasteiger partial charge < -0.3 is 10.4 Å². The van der Waals surface area contributed by atoms with Crippen LogP contribution < -0.4 is 5.32 Å². The molecule has 3 nitrogen and oxygen atoms in total. The van der Waals surface area contributed by atoms with Gasteiger partial charge >= 0.3 is 11.9 Å². The molecule has 0 amide bonds. The van der Waals surface area contributed by atoms with E-state index < -0.39 is 18.4 Å². The molecule has 82 valence electrons. The number of carboxylic acids is 1. The fourth-order valence-corrected chi connectivity index (χ4v) is 1.52. The predicted molar refractivity (Wildman–Crippen MR) is 47.5 cm³/mol. The van der Waals surface area contributed by atoms with Gasteiger partial charge in [0.2, 0.25) is 0 Å². The fraction of sp³-hybridized carbons (Fsp3) is 0.889. The molecule has 2 N–H and O–H groups in total. The summed E-state index contributed by atoms with van der Waals surface area (Å²) in [5.41, 5.74) is -0.201. The van der Waals surface area contributed by atoms with Gasteiger partial charge in [-0.1, -0.05) is 13.3 Å². The normalized spacial score (nSPS) is 19.4. The summed E-state index contributed by atoms with van der Waals surface area (Å²) in [6.07, 6.45) is 3.50. The standard InChI is InChI=1S/C9H15F2NO2/c1-2-3-8(4-5-8)12-6-9(10,11)7(13)14/h12H,2-6H2,1H3,(H,13,14). The Hall–Kier alpha value is -0.710. The van der Waals surface area contributed by atoms with Crippen molar-refractivity contribution in [2.45, 2.75) is 44.1 Å². The second-order valence-electron chi connectivity index (χ2n) is 3.89. The SMILES string of the molecule is CCCC1(NCC(F)(F)C(=O)O)CC1. The molecule has 0 aromatic carbocycles. The van der Waals surface area contributed by atoms with E-state index in [9.17, 15) is 13.6 Å². The molecule has 5 heteroatoms. The molecule has 14 heavy (non-hydrogen) atoms. The Morgan fingerprint density at radius 1 is 1.57 bits per heavy atom. The Morgan fingerprint density at radius 3 is 2.50 bits per heavy atom. The molecule has 0 radical (unpaired) electrons. The molecule has 0 heterocycles. The minimum atomic E-state index is -3.65. The largest absolute Gasteiger partial charge is 0.477 e. The Morgan fingerprint density at radius 2 is 2.14 bits per heavy atom. The van der Waals surface area contributed by atoms with Crippen molar-refractivity contribution < 1.29 is 18.7 Å². The van der Waals surface area contributed by atoms with Crippen LogP contribution in [0, 0.1) is 0 Å². The maximum atomic E-state index is 12.7. The second kappa shape index (κ2) is 3.81. The van der Waals surface area contributed by atoms with Crippen LogP contribution in [-0.4, -0.2) is 29.1 Å². The number of hydrogen-bond acceptors (Lipinski definition) is 2. The molecule has 1 rings (SSSR count). The van der Waals surface area contributed by atoms with Crippen molar-refractivity contribution in [3.8, 4) is 0 Å². The molecule has 0 atom stereocenters. The molecule has 0 unspecified atom stereocenters. The minimum absolute atomic E-state index is 0.201. The van der Waals surface area contributed by atoms with Crippen LogP contribution in [0.3, 0.4) is 0 Å². The van der Waals surface area contributed by atoms with Crippen LogP contribution in [0.2, 0.25) is 0 Å². The minimum Gasteiger partial charge on any atom is -0.477 e. The first-order chi connectivity index (χ1) is 6.42. The van der Waals surface area contributed by atoms with Gasteiger partial charge in [-0.3, -0.25) is 0 Å². The molecule has 1 saturated carbocycles. The van der Waals surface area contributed by atoms with Crippen molar-refractivity contribution >= 4 is 5.97 Å². The van der Waals surface area contributed by atoms with E-state index >= 15 is 0 Å². The van der Waals surface area contributed by atoms with Gasteiger partial charge in [-0.05, 0) is 19.3 Å². The van der Waals surface area contributed by atoms with Gasteiger partial charge in [-0.2, -0.15) is 8.78 Å². The zero-order valence-corrected chi connectivity index (χ0v) is 8.15. The van der Waals surface area contributed by atoms with Crippen molar-refractivity contribution in [2.75, 3.05) is 6.54 Å². The third-order valence-electron chi connectivity index (χ3n) is 2.58. The number of nitrogens with one attached hydrogen (secondary N) is 1. The van der Waals surface area contributed by atoms with E-state index in [2.05, 4.69) is 5.32 Å². The highest BCUT2D eigenvalue weighted by molar-refractivity contribution is 5.75. The second-order valence-corrected chi connectivity index (χ2v) is 3.89. The van der Waals surface area contributed by atoms with E-state index in [1.165, 1.54) is 0 Å². The number of aliphatic carboxylic acids is 1. The number of carboxylic acid groups (broad SMARTS) is 1. The first-order valence-electron chi connectivity index (χ1n) is 4.78. The summed E-state index contributed by atoms with van der Waals surface area (Å²) in [4.78, 5) is 10.1. The third-order valence-corrected chi connectivity index (χ3v) is 2.58. The van der Waals surface area contributed by atoms with Crippen LogP contribution in [0.15, 0.2) is 0 Å². The van der Waals surface area contributed by atoms with E-state index in [0.29, 0.717) is 0 Å². The highest BCUT2D eigenvalue weighted by atomic mass is 19.3. The molecular weight excluding hydrogens is 192 g/mol. The van der Waals surface area contributed by atoms with Gasteiger partial charge in [0.15, 0.2) is 0 Å². The summed E-state index contributed by atoms with van der Waals surface area (Å²) >= 11 is 0. The fourth-order valence-electron chi connectivity index (χ4n) is 1.52. The molecule has 1 fully saturated rings. The Labute approximate surface area is 81.5 Å². The average Bonchev–Trinajstić information content (AvgIpc) is 2.83. The van der Waals surface area contributed by atoms with Gasteiger partial charge in [-0.25, -0.2) is 4.79 Å². The number of alkyl halides is 2. The molecule has 0 aromatic rings. The van der Waals surface area contributed by atoms with Crippen LogP contribution in [-0.2, 0) is 4.79 Å². The molecular formula is C9H15F2NO2. The summed E-state index contributed by atoms with van der Waals surface area (Å²) in [6, 6.07) is 0. The number of rotatable bonds is 6. The van der Waals surface area contributed by atoms with Gasteiger partial charge in [0.1, 0.15) is 0 Å². The summed E-state index contributed by atoms with van der Waals surface area (Å²) in [7, 11) is 0. The average molecular weight is 207 g/mol. The van der Waals surface area contributed by atoms with E-state index in [0.717, 1.165) is 25.7 Å². The van der Waals surface area contributed by atoms with Crippen LogP contribution >= 0.6 is 0 Å². The lowest BCUT2D eigenvalue weighted by atomic mass is 10.1. The lowest BCUT2D eigenvalue weighted by Gasteiger charge is -2.19. The highest BCUT2D eigenvalue weighted by Gasteiger charge is 2.46. The lowest BCUT2D eigenvalue weighted by molar-refractivity contribution is -0.164. The lowest BCUT2D eigenvalue weighted by Crippen LogP contribution is -2.44. The van der Waals surface area contributed by atoms with Gasteiger partial charge in [0, 0.05) is 5.54 Å². The van der Waals surface area contributed by atoms with Crippen LogP contribution in [0.4, 0.5) is 8.78 Å². The van der Waals surface area contributed by atoms with Crippen molar-refractivity contribution in [3.05, 3.63) is 0 Å². The number of halogens is 2. The first kappa shape index (κ1) is 11.4. The van der Waals surface area contributed by atoms with Crippen molar-refractivity contribution in [1.82, 2.24) is 5.32 Å². The predicted octanol–water partition coefficient (Wildman–Crippen LogP) is 1.63. The van der Waals surface area contributed by atoms with Crippen molar-refractivity contribution in [3.63, 3.8) is 0 Å². The number of hydrogen-bond donors (Lipinski definition) is 2. The van der Waals surface area contributed by atoms with Crippen molar-refractivity contribution in [1.29, 1.82) is 0 Å². The molecule has 1 aliphatic rings. The maximum absolute atomic E-state index is 12.7. The van der Waals surface area contributed by atoms with E-state index in [-0.39, 0.29) is 5.54 Å². The topological polar surface area (TPSA) is 49.3 Å². The molecule has 0 aromatic heterocycles. The highest BCUT2D eigenvalue weighted by Crippen LogP contribution is 2.39. The molecule has 0 aliphatic heterocycles. The van der Waals surface area contributed by atoms with Crippen LogP contribution in [0.5, 0.6) is 0 Å². The zero-order valence-electron chi connectivity index (χ0n) is 8.15. The molecule has 1 aliphatic carbocycles. The summed E-state index contributed by atoms with van der Waals surface area (Å²) < 4.78 is 25.4. The molecule has 0 bridgehead atoms. The van der Waals surface area contributed by atoms with Gasteiger partial charge in [-0.15, -0.1) is 0 Å². The summed E-state index contributed by atoms with van der Waals surface area (Å²) in [6.45, 7) is 1.22. The molecule has 0 saturated heterocycles. The quantitative estimate of drug-likeness (QED) is 0.696. The van der Waals surface area contributed by atoms with Crippen LogP contribution in [0.1, 0.15) is 32.6 Å². The monoisotopic (exact) mass is 207 g/mol. The Balaban J connectivity index is 2.36. The van der Waals surface area contributed by atoms with Gasteiger partial charge in [0.25, 0.3) is 0 Å². The zero-order chi connectivity index (χ0) is 10.8. The van der Waals surface area contributed by atoms with E-state index in [1.807, 2.05) is 6.92 Å². The maximum Gasteiger partial charge on any atom is 0.375 e. The summed E-state index contributed by atoms with van der Waals surface area (Å²) in [5, 5.41) is 10.9. The van der Waals surface area contributed by atoms with E-state index in [4.69, 9.17) is 5.11 Å².